The van der Waals surface area contributed by atoms with E-state index in [2.05, 4.69) is 13.8 Å². The molecule has 0 aliphatic carbocycles. The van der Waals surface area contributed by atoms with Crippen LogP contribution in [0.2, 0.25) is 0 Å². The van der Waals surface area contributed by atoms with Gasteiger partial charge < -0.3 is 10.2 Å². The maximum absolute atomic E-state index is 8.63. The third-order valence-electron chi connectivity index (χ3n) is 2.06. The van der Waals surface area contributed by atoms with Crippen LogP contribution in [0.4, 0.5) is 0 Å². The Kier molecular flexibility index (Phi) is 3.86. The molecule has 0 aliphatic rings. The number of rotatable bonds is 3. The van der Waals surface area contributed by atoms with Crippen molar-refractivity contribution in [2.24, 2.45) is 0 Å². The first-order valence-electron chi connectivity index (χ1n) is 4.74. The van der Waals surface area contributed by atoms with Gasteiger partial charge in [0.2, 0.25) is 0 Å². The molecule has 0 atom stereocenters. The van der Waals surface area contributed by atoms with E-state index in [-0.39, 0.29) is 0 Å². The Morgan fingerprint density at radius 1 is 1.07 bits per heavy atom. The van der Waals surface area contributed by atoms with E-state index in [4.69, 9.17) is 10.2 Å². The van der Waals surface area contributed by atoms with E-state index < -0.39 is 6.29 Å². The molecule has 0 saturated carbocycles. The first-order chi connectivity index (χ1) is 6.59. The lowest BCUT2D eigenvalue weighted by Crippen LogP contribution is -1.96. The van der Waals surface area contributed by atoms with Crippen LogP contribution in [0, 0.1) is 0 Å². The zero-order valence-corrected chi connectivity index (χ0v) is 8.51. The lowest BCUT2D eigenvalue weighted by molar-refractivity contribution is 0.00304. The van der Waals surface area contributed by atoms with E-state index in [1.54, 1.807) is 6.08 Å². The van der Waals surface area contributed by atoms with Crippen molar-refractivity contribution in [3.05, 3.63) is 41.5 Å². The molecule has 1 aromatic rings. The van der Waals surface area contributed by atoms with E-state index in [1.807, 2.05) is 24.3 Å². The van der Waals surface area contributed by atoms with E-state index in [9.17, 15) is 0 Å². The summed E-state index contributed by atoms with van der Waals surface area (Å²) in [4.78, 5) is 0. The second kappa shape index (κ2) is 4.94. The highest BCUT2D eigenvalue weighted by Gasteiger charge is 1.97. The van der Waals surface area contributed by atoms with Gasteiger partial charge in [0.15, 0.2) is 6.29 Å². The molecule has 0 fully saturated rings. The van der Waals surface area contributed by atoms with Gasteiger partial charge in [-0.3, -0.25) is 0 Å². The predicted octanol–water partition coefficient (Wildman–Crippen LogP) is 2.13. The van der Waals surface area contributed by atoms with Crippen LogP contribution in [0.3, 0.4) is 0 Å². The molecule has 1 rings (SSSR count). The van der Waals surface area contributed by atoms with Crippen LogP contribution in [0.25, 0.3) is 6.08 Å². The summed E-state index contributed by atoms with van der Waals surface area (Å²) >= 11 is 0. The third kappa shape index (κ3) is 3.32. The van der Waals surface area contributed by atoms with Crippen LogP contribution in [0.1, 0.15) is 30.9 Å². The summed E-state index contributed by atoms with van der Waals surface area (Å²) in [5.74, 6) is 0.525. The van der Waals surface area contributed by atoms with Gasteiger partial charge >= 0.3 is 0 Å². The fraction of sp³-hybridized carbons (Fsp3) is 0.333. The van der Waals surface area contributed by atoms with Gasteiger partial charge in [0, 0.05) is 0 Å². The second-order valence-corrected chi connectivity index (χ2v) is 3.59. The lowest BCUT2D eigenvalue weighted by atomic mass is 10.0. The molecule has 0 bridgehead atoms. The molecule has 14 heavy (non-hydrogen) atoms. The van der Waals surface area contributed by atoms with E-state index in [1.165, 1.54) is 11.6 Å². The fourth-order valence-corrected chi connectivity index (χ4v) is 1.19. The molecule has 0 radical (unpaired) electrons. The summed E-state index contributed by atoms with van der Waals surface area (Å²) in [6.45, 7) is 4.28. The van der Waals surface area contributed by atoms with Gasteiger partial charge in [-0.05, 0) is 23.1 Å². The first-order valence-corrected chi connectivity index (χ1v) is 4.74. The smallest absolute Gasteiger partial charge is 0.171 e. The zero-order valence-electron chi connectivity index (χ0n) is 8.51. The maximum Gasteiger partial charge on any atom is 0.171 e. The van der Waals surface area contributed by atoms with Crippen molar-refractivity contribution in [3.8, 4) is 0 Å². The molecule has 0 saturated heterocycles. The molecule has 0 heterocycles. The highest BCUT2D eigenvalue weighted by Crippen LogP contribution is 2.15. The number of aliphatic hydroxyl groups is 2. The molecular weight excluding hydrogens is 176 g/mol. The van der Waals surface area contributed by atoms with Crippen LogP contribution < -0.4 is 0 Å². The Bertz CT molecular complexity index is 297. The summed E-state index contributed by atoms with van der Waals surface area (Å²) in [6, 6.07) is 8.03. The van der Waals surface area contributed by atoms with Crippen LogP contribution in [-0.4, -0.2) is 16.5 Å². The van der Waals surface area contributed by atoms with Crippen LogP contribution in [-0.2, 0) is 0 Å². The molecule has 0 aromatic heterocycles. The summed E-state index contributed by atoms with van der Waals surface area (Å²) < 4.78 is 0. The standard InChI is InChI=1S/C12H16O2/c1-9(2)11-6-3-10(4-7-11)5-8-12(13)14/h3-9,12-14H,1-2H3/b8-5+. The van der Waals surface area contributed by atoms with Gasteiger partial charge in [0.1, 0.15) is 0 Å². The molecular formula is C12H16O2. The van der Waals surface area contributed by atoms with Gasteiger partial charge in [-0.15, -0.1) is 0 Å². The molecule has 0 aliphatic heterocycles. The largest absolute Gasteiger partial charge is 0.365 e. The minimum absolute atomic E-state index is 0.525. The number of hydrogen-bond acceptors (Lipinski definition) is 2. The Hall–Kier alpha value is -1.12. The SMILES string of the molecule is CC(C)c1ccc(/C=C/C(O)O)cc1. The Balaban J connectivity index is 2.73. The third-order valence-corrected chi connectivity index (χ3v) is 2.06. The quantitative estimate of drug-likeness (QED) is 0.720. The summed E-state index contributed by atoms with van der Waals surface area (Å²) in [5, 5.41) is 17.3. The highest BCUT2D eigenvalue weighted by molar-refractivity contribution is 5.50. The first kappa shape index (κ1) is 11.0. The Morgan fingerprint density at radius 2 is 1.64 bits per heavy atom. The number of hydrogen-bond donors (Lipinski definition) is 2. The van der Waals surface area contributed by atoms with Crippen molar-refractivity contribution in [2.75, 3.05) is 0 Å². The molecule has 2 N–H and O–H groups in total. The summed E-state index contributed by atoms with van der Waals surface area (Å²) in [5.41, 5.74) is 2.26. The normalized spacial score (nSPS) is 11.9. The minimum atomic E-state index is -1.38. The molecule has 0 spiro atoms. The van der Waals surface area contributed by atoms with Gasteiger partial charge in [-0.25, -0.2) is 0 Å². The second-order valence-electron chi connectivity index (χ2n) is 3.59. The predicted molar refractivity (Wildman–Crippen MR) is 57.8 cm³/mol. The van der Waals surface area contributed by atoms with Crippen LogP contribution in [0.15, 0.2) is 30.3 Å². The molecule has 1 aromatic carbocycles. The van der Waals surface area contributed by atoms with Gasteiger partial charge in [-0.1, -0.05) is 44.2 Å². The summed E-state index contributed by atoms with van der Waals surface area (Å²) in [6.07, 6.45) is 1.65. The van der Waals surface area contributed by atoms with Gasteiger partial charge in [0.25, 0.3) is 0 Å². The van der Waals surface area contributed by atoms with E-state index in [0.29, 0.717) is 5.92 Å². The molecule has 0 unspecified atom stereocenters. The Labute approximate surface area is 84.5 Å². The minimum Gasteiger partial charge on any atom is -0.365 e. The van der Waals surface area contributed by atoms with E-state index in [0.717, 1.165) is 5.56 Å². The van der Waals surface area contributed by atoms with Crippen molar-refractivity contribution in [2.45, 2.75) is 26.1 Å². The topological polar surface area (TPSA) is 40.5 Å². The van der Waals surface area contributed by atoms with Gasteiger partial charge in [-0.2, -0.15) is 0 Å². The Morgan fingerprint density at radius 3 is 2.07 bits per heavy atom. The zero-order chi connectivity index (χ0) is 10.6. The lowest BCUT2D eigenvalue weighted by Gasteiger charge is -2.04. The van der Waals surface area contributed by atoms with Crippen LogP contribution >= 0.6 is 0 Å². The van der Waals surface area contributed by atoms with Crippen molar-refractivity contribution in [1.29, 1.82) is 0 Å². The average molecular weight is 192 g/mol. The monoisotopic (exact) mass is 192 g/mol. The average Bonchev–Trinajstić information content (AvgIpc) is 2.15. The summed E-state index contributed by atoms with van der Waals surface area (Å²) in [7, 11) is 0. The van der Waals surface area contributed by atoms with Crippen molar-refractivity contribution in [1.82, 2.24) is 0 Å². The van der Waals surface area contributed by atoms with Crippen molar-refractivity contribution in [3.63, 3.8) is 0 Å². The molecule has 0 amide bonds. The fourth-order valence-electron chi connectivity index (χ4n) is 1.19. The van der Waals surface area contributed by atoms with Crippen molar-refractivity contribution < 1.29 is 10.2 Å². The highest BCUT2D eigenvalue weighted by atomic mass is 16.5. The maximum atomic E-state index is 8.63. The molecule has 76 valence electrons. The number of aliphatic hydroxyl groups excluding tert-OH is 1. The van der Waals surface area contributed by atoms with Crippen LogP contribution in [0.5, 0.6) is 0 Å². The van der Waals surface area contributed by atoms with E-state index >= 15 is 0 Å². The molecule has 2 nitrogen and oxygen atoms in total. The molecule has 2 heteroatoms. The van der Waals surface area contributed by atoms with Gasteiger partial charge in [0.05, 0.1) is 0 Å². The number of benzene rings is 1. The van der Waals surface area contributed by atoms with Crippen molar-refractivity contribution >= 4 is 6.08 Å².